The molecule has 124 valence electrons. The summed E-state index contributed by atoms with van der Waals surface area (Å²) in [6, 6.07) is 11.8. The Morgan fingerprint density at radius 1 is 1.24 bits per heavy atom. The molecule has 0 amide bonds. The van der Waals surface area contributed by atoms with Gasteiger partial charge >= 0.3 is 5.69 Å². The van der Waals surface area contributed by atoms with Crippen LogP contribution in [0.5, 0.6) is 0 Å². The molecule has 3 rings (SSSR count). The predicted octanol–water partition coefficient (Wildman–Crippen LogP) is 2.46. The van der Waals surface area contributed by atoms with E-state index in [2.05, 4.69) is 10.1 Å². The van der Waals surface area contributed by atoms with E-state index in [1.54, 1.807) is 36.4 Å². The summed E-state index contributed by atoms with van der Waals surface area (Å²) in [4.78, 5) is 14.7. The van der Waals surface area contributed by atoms with Gasteiger partial charge in [-0.2, -0.15) is 10.4 Å². The van der Waals surface area contributed by atoms with Crippen LogP contribution in [0, 0.1) is 21.4 Å². The van der Waals surface area contributed by atoms with E-state index in [-0.39, 0.29) is 17.9 Å². The summed E-state index contributed by atoms with van der Waals surface area (Å²) >= 11 is 0. The summed E-state index contributed by atoms with van der Waals surface area (Å²) in [5.74, 6) is 0. The molecule has 1 aromatic carbocycles. The minimum atomic E-state index is -0.905. The Labute approximate surface area is 142 Å². The van der Waals surface area contributed by atoms with Crippen molar-refractivity contribution >= 4 is 5.69 Å². The summed E-state index contributed by atoms with van der Waals surface area (Å²) in [5.41, 5.74) is 1.75. The van der Waals surface area contributed by atoms with Crippen LogP contribution in [0.15, 0.2) is 55.0 Å². The van der Waals surface area contributed by atoms with Crippen molar-refractivity contribution in [2.75, 3.05) is 0 Å². The predicted molar refractivity (Wildman–Crippen MR) is 88.2 cm³/mol. The second-order valence-corrected chi connectivity index (χ2v) is 5.33. The van der Waals surface area contributed by atoms with Gasteiger partial charge in [-0.25, -0.2) is 0 Å². The van der Waals surface area contributed by atoms with E-state index < -0.39 is 11.0 Å². The third-order valence-corrected chi connectivity index (χ3v) is 3.68. The number of hydrogen-bond donors (Lipinski definition) is 1. The van der Waals surface area contributed by atoms with Gasteiger partial charge in [-0.15, -0.1) is 0 Å². The number of pyridine rings is 1. The molecular weight excluding hydrogens is 322 g/mol. The highest BCUT2D eigenvalue weighted by atomic mass is 16.6. The third-order valence-electron chi connectivity index (χ3n) is 3.68. The van der Waals surface area contributed by atoms with Crippen molar-refractivity contribution in [3.8, 4) is 17.3 Å². The van der Waals surface area contributed by atoms with Crippen LogP contribution in [0.4, 0.5) is 5.69 Å². The van der Waals surface area contributed by atoms with Gasteiger partial charge in [0.2, 0.25) is 0 Å². The van der Waals surface area contributed by atoms with Gasteiger partial charge in [-0.05, 0) is 29.8 Å². The van der Waals surface area contributed by atoms with E-state index in [1.807, 2.05) is 6.07 Å². The topological polar surface area (TPSA) is 118 Å². The Morgan fingerprint density at radius 3 is 2.52 bits per heavy atom. The molecule has 2 aromatic heterocycles. The molecule has 0 saturated carbocycles. The van der Waals surface area contributed by atoms with E-state index >= 15 is 0 Å². The van der Waals surface area contributed by atoms with Crippen molar-refractivity contribution in [1.29, 1.82) is 5.26 Å². The van der Waals surface area contributed by atoms with Crippen LogP contribution >= 0.6 is 0 Å². The Balaban J connectivity index is 1.87. The van der Waals surface area contributed by atoms with Crippen LogP contribution < -0.4 is 0 Å². The van der Waals surface area contributed by atoms with Crippen LogP contribution in [0.25, 0.3) is 11.3 Å². The van der Waals surface area contributed by atoms with Gasteiger partial charge < -0.3 is 5.11 Å². The van der Waals surface area contributed by atoms with Crippen molar-refractivity contribution in [2.24, 2.45) is 0 Å². The van der Waals surface area contributed by atoms with Crippen LogP contribution in [-0.2, 0) is 6.54 Å². The maximum atomic E-state index is 11.3. The molecule has 1 atom stereocenters. The SMILES string of the molecule is N#Cc1ccc(C(O)Cn2cc([N+](=O)[O-])c(-c3ccncc3)n2)cc1. The van der Waals surface area contributed by atoms with Gasteiger partial charge in [0, 0.05) is 18.0 Å². The lowest BCUT2D eigenvalue weighted by Gasteiger charge is -2.10. The Bertz CT molecular complexity index is 929. The maximum Gasteiger partial charge on any atom is 0.314 e. The van der Waals surface area contributed by atoms with Crippen molar-refractivity contribution in [2.45, 2.75) is 12.6 Å². The standard InChI is InChI=1S/C17H13N5O3/c18-9-12-1-3-13(4-2-12)16(23)11-21-10-15(22(24)25)17(20-21)14-5-7-19-8-6-14/h1-8,10,16,23H,11H2. The number of nitro groups is 1. The van der Waals surface area contributed by atoms with Gasteiger partial charge in [-0.1, -0.05) is 12.1 Å². The van der Waals surface area contributed by atoms with Crippen molar-refractivity contribution < 1.29 is 10.0 Å². The number of nitriles is 1. The molecule has 0 bridgehead atoms. The third kappa shape index (κ3) is 3.52. The average molecular weight is 335 g/mol. The second-order valence-electron chi connectivity index (χ2n) is 5.33. The summed E-state index contributed by atoms with van der Waals surface area (Å²) in [6.07, 6.45) is 3.45. The first-order valence-electron chi connectivity index (χ1n) is 7.39. The minimum absolute atomic E-state index is 0.0534. The molecule has 0 aliphatic heterocycles. The van der Waals surface area contributed by atoms with E-state index in [1.165, 1.54) is 23.3 Å². The minimum Gasteiger partial charge on any atom is -0.386 e. The molecule has 0 aliphatic carbocycles. The number of rotatable bonds is 5. The van der Waals surface area contributed by atoms with Crippen LogP contribution in [-0.4, -0.2) is 24.8 Å². The van der Waals surface area contributed by atoms with Gasteiger partial charge in [-0.3, -0.25) is 19.8 Å². The van der Waals surface area contributed by atoms with Gasteiger partial charge in [0.15, 0.2) is 5.69 Å². The molecule has 0 radical (unpaired) electrons. The summed E-state index contributed by atoms with van der Waals surface area (Å²) in [7, 11) is 0. The van der Waals surface area contributed by atoms with E-state index in [9.17, 15) is 15.2 Å². The Kier molecular flexibility index (Phi) is 4.50. The van der Waals surface area contributed by atoms with Gasteiger partial charge in [0.05, 0.1) is 29.2 Å². The monoisotopic (exact) mass is 335 g/mol. The molecule has 1 N–H and O–H groups in total. The summed E-state index contributed by atoms with van der Waals surface area (Å²) in [5, 5.41) is 34.6. The quantitative estimate of drug-likeness (QED) is 0.565. The molecule has 1 unspecified atom stereocenters. The fourth-order valence-electron chi connectivity index (χ4n) is 2.42. The largest absolute Gasteiger partial charge is 0.386 e. The fraction of sp³-hybridized carbons (Fsp3) is 0.118. The fourth-order valence-corrected chi connectivity index (χ4v) is 2.42. The summed E-state index contributed by atoms with van der Waals surface area (Å²) < 4.78 is 1.34. The van der Waals surface area contributed by atoms with Crippen molar-refractivity contribution in [3.05, 3.63) is 76.2 Å². The molecule has 0 saturated heterocycles. The smallest absolute Gasteiger partial charge is 0.314 e. The lowest BCUT2D eigenvalue weighted by Crippen LogP contribution is -2.09. The van der Waals surface area contributed by atoms with E-state index in [4.69, 9.17) is 5.26 Å². The highest BCUT2D eigenvalue weighted by molar-refractivity contribution is 5.68. The second kappa shape index (κ2) is 6.90. The number of benzene rings is 1. The van der Waals surface area contributed by atoms with Crippen LogP contribution in [0.1, 0.15) is 17.2 Å². The highest BCUT2D eigenvalue weighted by Crippen LogP contribution is 2.28. The number of aliphatic hydroxyl groups is 1. The van der Waals surface area contributed by atoms with Gasteiger partial charge in [0.1, 0.15) is 6.20 Å². The molecule has 0 spiro atoms. The molecule has 8 nitrogen and oxygen atoms in total. The lowest BCUT2D eigenvalue weighted by molar-refractivity contribution is -0.384. The van der Waals surface area contributed by atoms with Crippen molar-refractivity contribution in [3.63, 3.8) is 0 Å². The maximum absolute atomic E-state index is 11.3. The molecule has 2 heterocycles. The number of nitrogens with zero attached hydrogens (tertiary/aromatic N) is 5. The van der Waals surface area contributed by atoms with Crippen LogP contribution in [0.2, 0.25) is 0 Å². The van der Waals surface area contributed by atoms with Gasteiger partial charge in [0.25, 0.3) is 0 Å². The molecule has 3 aromatic rings. The highest BCUT2D eigenvalue weighted by Gasteiger charge is 2.22. The van der Waals surface area contributed by atoms with E-state index in [0.717, 1.165) is 0 Å². The molecular formula is C17H13N5O3. The number of aromatic nitrogens is 3. The summed E-state index contributed by atoms with van der Waals surface area (Å²) in [6.45, 7) is 0.0534. The van der Waals surface area contributed by atoms with Crippen molar-refractivity contribution in [1.82, 2.24) is 14.8 Å². The lowest BCUT2D eigenvalue weighted by atomic mass is 10.1. The van der Waals surface area contributed by atoms with E-state index in [0.29, 0.717) is 16.7 Å². The molecule has 8 heteroatoms. The molecule has 0 aliphatic rings. The molecule has 25 heavy (non-hydrogen) atoms. The zero-order valence-electron chi connectivity index (χ0n) is 13.0. The first-order chi connectivity index (χ1) is 12.1. The first kappa shape index (κ1) is 16.3. The molecule has 0 fully saturated rings. The van der Waals surface area contributed by atoms with Crippen LogP contribution in [0.3, 0.4) is 0 Å². The average Bonchev–Trinajstić information content (AvgIpc) is 3.06. The first-order valence-corrected chi connectivity index (χ1v) is 7.39. The zero-order chi connectivity index (χ0) is 17.8. The Morgan fingerprint density at radius 2 is 1.92 bits per heavy atom. The number of aliphatic hydroxyl groups excluding tert-OH is 1. The number of hydrogen-bond acceptors (Lipinski definition) is 6. The zero-order valence-corrected chi connectivity index (χ0v) is 13.0. The Hall–Kier alpha value is -3.57. The normalized spacial score (nSPS) is 11.7.